The molecule has 6 heteroatoms. The molecule has 21 heavy (non-hydrogen) atoms. The Morgan fingerprint density at radius 2 is 2.10 bits per heavy atom. The van der Waals surface area contributed by atoms with Crippen molar-refractivity contribution in [1.29, 1.82) is 0 Å². The molecule has 2 N–H and O–H groups in total. The van der Waals surface area contributed by atoms with Crippen LogP contribution in [0.3, 0.4) is 0 Å². The first kappa shape index (κ1) is 13.4. The van der Waals surface area contributed by atoms with Crippen molar-refractivity contribution in [3.63, 3.8) is 0 Å². The third-order valence-corrected chi connectivity index (χ3v) is 3.44. The van der Waals surface area contributed by atoms with E-state index in [2.05, 4.69) is 20.7 Å². The predicted molar refractivity (Wildman–Crippen MR) is 79.2 cm³/mol. The molecular weight excluding hydrogens is 268 g/mol. The average Bonchev–Trinajstić information content (AvgIpc) is 3.11. The molecule has 0 saturated carbocycles. The summed E-state index contributed by atoms with van der Waals surface area (Å²) in [6.07, 6.45) is -0.139. The van der Waals surface area contributed by atoms with Crippen molar-refractivity contribution in [1.82, 2.24) is 10.2 Å². The van der Waals surface area contributed by atoms with Crippen molar-refractivity contribution < 1.29 is 9.63 Å². The summed E-state index contributed by atoms with van der Waals surface area (Å²) in [7, 11) is 0. The smallest absolute Gasteiger partial charge is 0.268 e. The minimum Gasteiger partial charge on any atom is -0.382 e. The maximum absolute atomic E-state index is 12.2. The van der Waals surface area contributed by atoms with Crippen LogP contribution in [0.25, 0.3) is 0 Å². The first-order valence-corrected chi connectivity index (χ1v) is 6.75. The quantitative estimate of drug-likeness (QED) is 0.906. The van der Waals surface area contributed by atoms with E-state index in [0.29, 0.717) is 12.1 Å². The molecule has 0 bridgehead atoms. The molecule has 3 rings (SSSR count). The van der Waals surface area contributed by atoms with Crippen LogP contribution >= 0.6 is 0 Å². The van der Waals surface area contributed by atoms with Gasteiger partial charge in [0.15, 0.2) is 0 Å². The van der Waals surface area contributed by atoms with Crippen LogP contribution in [0, 0.1) is 13.8 Å². The molecule has 0 saturated heterocycles. The van der Waals surface area contributed by atoms with Gasteiger partial charge in [0.05, 0.1) is 22.8 Å². The second-order valence-corrected chi connectivity index (χ2v) is 5.00. The molecule has 1 unspecified atom stereocenters. The molecule has 0 spiro atoms. The minimum atomic E-state index is -0.603. The standard InChI is InChI=1S/C15H16N4O2/c1-9-14(10(2)18-17-9)16-15(20)13-8-12(19-21-13)11-6-4-3-5-7-11/h3-7,13H,8H2,1-2H3,(H,16,20)(H,17,18). The van der Waals surface area contributed by atoms with Gasteiger partial charge < -0.3 is 10.2 Å². The van der Waals surface area contributed by atoms with Gasteiger partial charge >= 0.3 is 0 Å². The zero-order valence-electron chi connectivity index (χ0n) is 11.9. The minimum absolute atomic E-state index is 0.211. The normalized spacial score (nSPS) is 17.2. The molecule has 2 aromatic rings. The van der Waals surface area contributed by atoms with Crippen molar-refractivity contribution in [3.05, 3.63) is 47.3 Å². The fraction of sp³-hybridized carbons (Fsp3) is 0.267. The first-order chi connectivity index (χ1) is 10.1. The Hall–Kier alpha value is -2.63. The van der Waals surface area contributed by atoms with E-state index in [1.54, 1.807) is 0 Å². The van der Waals surface area contributed by atoms with Gasteiger partial charge in [-0.05, 0) is 19.4 Å². The van der Waals surface area contributed by atoms with Crippen LogP contribution in [0.15, 0.2) is 35.5 Å². The zero-order valence-corrected chi connectivity index (χ0v) is 11.9. The Kier molecular flexibility index (Phi) is 3.43. The van der Waals surface area contributed by atoms with E-state index in [9.17, 15) is 4.79 Å². The topological polar surface area (TPSA) is 79.4 Å². The summed E-state index contributed by atoms with van der Waals surface area (Å²) in [6, 6.07) is 9.71. The van der Waals surface area contributed by atoms with Crippen LogP contribution in [-0.2, 0) is 9.63 Å². The van der Waals surface area contributed by atoms with E-state index in [1.807, 2.05) is 44.2 Å². The maximum Gasteiger partial charge on any atom is 0.268 e. The molecule has 1 aliphatic heterocycles. The Labute approximate surface area is 122 Å². The SMILES string of the molecule is Cc1n[nH]c(C)c1NC(=O)C1CC(c2ccccc2)=NO1. The lowest BCUT2D eigenvalue weighted by Crippen LogP contribution is -2.28. The van der Waals surface area contributed by atoms with Crippen molar-refractivity contribution in [2.75, 3.05) is 5.32 Å². The highest BCUT2D eigenvalue weighted by atomic mass is 16.6. The highest BCUT2D eigenvalue weighted by Crippen LogP contribution is 2.20. The molecule has 2 heterocycles. The summed E-state index contributed by atoms with van der Waals surface area (Å²) >= 11 is 0. The van der Waals surface area contributed by atoms with E-state index in [0.717, 1.165) is 22.7 Å². The summed E-state index contributed by atoms with van der Waals surface area (Å²) in [5.74, 6) is -0.211. The summed E-state index contributed by atoms with van der Waals surface area (Å²) in [5, 5.41) is 13.7. The number of carbonyl (C=O) groups is 1. The molecule has 6 nitrogen and oxygen atoms in total. The molecule has 0 fully saturated rings. The molecule has 108 valence electrons. The van der Waals surface area contributed by atoms with Gasteiger partial charge in [-0.3, -0.25) is 9.89 Å². The number of amides is 1. The van der Waals surface area contributed by atoms with E-state index >= 15 is 0 Å². The number of oxime groups is 1. The number of rotatable bonds is 3. The van der Waals surface area contributed by atoms with Crippen molar-refractivity contribution >= 4 is 17.3 Å². The molecule has 0 aliphatic carbocycles. The second-order valence-electron chi connectivity index (χ2n) is 5.00. The Balaban J connectivity index is 1.67. The predicted octanol–water partition coefficient (Wildman–Crippen LogP) is 2.16. The third-order valence-electron chi connectivity index (χ3n) is 3.44. The Bertz CT molecular complexity index is 671. The van der Waals surface area contributed by atoms with Crippen LogP contribution < -0.4 is 5.32 Å². The summed E-state index contributed by atoms with van der Waals surface area (Å²) in [6.45, 7) is 3.69. The van der Waals surface area contributed by atoms with Crippen LogP contribution in [0.5, 0.6) is 0 Å². The van der Waals surface area contributed by atoms with Gasteiger partial charge in [-0.2, -0.15) is 5.10 Å². The van der Waals surface area contributed by atoms with Crippen molar-refractivity contribution in [2.45, 2.75) is 26.4 Å². The lowest BCUT2D eigenvalue weighted by Gasteiger charge is -2.09. The highest BCUT2D eigenvalue weighted by molar-refractivity contribution is 6.06. The monoisotopic (exact) mass is 284 g/mol. The number of aromatic nitrogens is 2. The number of anilines is 1. The van der Waals surface area contributed by atoms with Gasteiger partial charge in [-0.25, -0.2) is 0 Å². The van der Waals surface area contributed by atoms with Crippen LogP contribution in [-0.4, -0.2) is 27.9 Å². The van der Waals surface area contributed by atoms with E-state index in [4.69, 9.17) is 4.84 Å². The largest absolute Gasteiger partial charge is 0.382 e. The van der Waals surface area contributed by atoms with Crippen molar-refractivity contribution in [2.24, 2.45) is 5.16 Å². The summed E-state index contributed by atoms with van der Waals surface area (Å²) < 4.78 is 0. The van der Waals surface area contributed by atoms with Gasteiger partial charge in [-0.1, -0.05) is 35.5 Å². The van der Waals surface area contributed by atoms with Gasteiger partial charge in [0, 0.05) is 6.42 Å². The number of aromatic amines is 1. The lowest BCUT2D eigenvalue weighted by molar-refractivity contribution is -0.125. The van der Waals surface area contributed by atoms with E-state index in [1.165, 1.54) is 0 Å². The number of carbonyl (C=O) groups excluding carboxylic acids is 1. The third kappa shape index (κ3) is 2.65. The fourth-order valence-corrected chi connectivity index (χ4v) is 2.26. The second kappa shape index (κ2) is 5.40. The number of hydrogen-bond donors (Lipinski definition) is 2. The summed E-state index contributed by atoms with van der Waals surface area (Å²) in [5.41, 5.74) is 4.04. The molecule has 1 amide bonds. The van der Waals surface area contributed by atoms with Gasteiger partial charge in [0.25, 0.3) is 5.91 Å². The highest BCUT2D eigenvalue weighted by Gasteiger charge is 2.29. The lowest BCUT2D eigenvalue weighted by atomic mass is 10.0. The Morgan fingerprint density at radius 3 is 2.76 bits per heavy atom. The molecule has 0 radical (unpaired) electrons. The van der Waals surface area contributed by atoms with E-state index in [-0.39, 0.29) is 5.91 Å². The summed E-state index contributed by atoms with van der Waals surface area (Å²) in [4.78, 5) is 17.5. The van der Waals surface area contributed by atoms with Gasteiger partial charge in [-0.15, -0.1) is 0 Å². The molecule has 1 aliphatic rings. The number of benzene rings is 1. The van der Waals surface area contributed by atoms with Gasteiger partial charge in [0.1, 0.15) is 0 Å². The number of H-pyrrole nitrogens is 1. The van der Waals surface area contributed by atoms with Crippen LogP contribution in [0.2, 0.25) is 0 Å². The Morgan fingerprint density at radius 1 is 1.33 bits per heavy atom. The van der Waals surface area contributed by atoms with Gasteiger partial charge in [0.2, 0.25) is 6.10 Å². The molecule has 1 aromatic carbocycles. The number of hydrogen-bond acceptors (Lipinski definition) is 4. The average molecular weight is 284 g/mol. The number of nitrogens with one attached hydrogen (secondary N) is 2. The zero-order chi connectivity index (χ0) is 14.8. The maximum atomic E-state index is 12.2. The van der Waals surface area contributed by atoms with Crippen LogP contribution in [0.4, 0.5) is 5.69 Å². The van der Waals surface area contributed by atoms with E-state index < -0.39 is 6.10 Å². The molecule has 1 atom stereocenters. The van der Waals surface area contributed by atoms with Crippen LogP contribution in [0.1, 0.15) is 23.4 Å². The van der Waals surface area contributed by atoms with Crippen molar-refractivity contribution in [3.8, 4) is 0 Å². The molecule has 1 aromatic heterocycles. The molecular formula is C15H16N4O2. The fourth-order valence-electron chi connectivity index (χ4n) is 2.26. The number of nitrogens with zero attached hydrogens (tertiary/aromatic N) is 2. The number of aryl methyl sites for hydroxylation is 2. The first-order valence-electron chi connectivity index (χ1n) is 6.75.